The van der Waals surface area contributed by atoms with Crippen molar-refractivity contribution in [1.82, 2.24) is 4.57 Å². The molecule has 0 unspecified atom stereocenters. The lowest BCUT2D eigenvalue weighted by Gasteiger charge is -2.50. The van der Waals surface area contributed by atoms with Gasteiger partial charge in [0.2, 0.25) is 0 Å². The van der Waals surface area contributed by atoms with Gasteiger partial charge in [-0.25, -0.2) is 0 Å². The second-order valence-electron chi connectivity index (χ2n) is 6.51. The van der Waals surface area contributed by atoms with E-state index >= 15 is 0 Å². The molecule has 0 N–H and O–H groups in total. The van der Waals surface area contributed by atoms with Gasteiger partial charge in [0.25, 0.3) is 0 Å². The maximum Gasteiger partial charge on any atom is 0.433 e. The highest BCUT2D eigenvalue weighted by Crippen LogP contribution is 2.47. The molecule has 0 aromatic rings. The lowest BCUT2D eigenvalue weighted by Crippen LogP contribution is -2.67. The van der Waals surface area contributed by atoms with Crippen molar-refractivity contribution >= 4 is 8.72 Å². The molecule has 0 aromatic heterocycles. The molecular weight excluding hydrogens is 254 g/mol. The minimum atomic E-state index is -2.43. The van der Waals surface area contributed by atoms with Gasteiger partial charge < -0.3 is 8.85 Å². The van der Waals surface area contributed by atoms with E-state index in [1.807, 2.05) is 14.2 Å². The van der Waals surface area contributed by atoms with Crippen LogP contribution in [0.5, 0.6) is 0 Å². The average molecular weight is 290 g/mol. The summed E-state index contributed by atoms with van der Waals surface area (Å²) in [6.45, 7) is 16.9. The summed E-state index contributed by atoms with van der Waals surface area (Å²) in [6.07, 6.45) is 2.39. The molecule has 0 rings (SSSR count). The lowest BCUT2D eigenvalue weighted by atomic mass is 9.99. The molecule has 3 nitrogen and oxygen atoms in total. The van der Waals surface area contributed by atoms with Gasteiger partial charge in [0.05, 0.1) is 0 Å². The third-order valence-corrected chi connectivity index (χ3v) is 9.37. The maximum absolute atomic E-state index is 6.08. The summed E-state index contributed by atoms with van der Waals surface area (Å²) >= 11 is 0. The van der Waals surface area contributed by atoms with Crippen LogP contribution in [0.15, 0.2) is 0 Å². The standard InChI is InChI=1S/C15H35NO2Si/c1-10-11-12-16(14(4)5)19(17-8,18-9)15(6,7)13(2)3/h13-14H,10-12H2,1-9H3. The Morgan fingerprint density at radius 3 is 1.79 bits per heavy atom. The first-order valence-corrected chi connectivity index (χ1v) is 9.34. The zero-order valence-electron chi connectivity index (χ0n) is 14.5. The molecule has 0 saturated heterocycles. The van der Waals surface area contributed by atoms with Crippen LogP contribution < -0.4 is 0 Å². The van der Waals surface area contributed by atoms with Crippen molar-refractivity contribution < 1.29 is 8.85 Å². The van der Waals surface area contributed by atoms with E-state index in [-0.39, 0.29) is 5.04 Å². The first kappa shape index (κ1) is 19.1. The fourth-order valence-corrected chi connectivity index (χ4v) is 6.94. The Morgan fingerprint density at radius 1 is 1.05 bits per heavy atom. The van der Waals surface area contributed by atoms with E-state index in [2.05, 4.69) is 53.0 Å². The van der Waals surface area contributed by atoms with Gasteiger partial charge in [0.15, 0.2) is 0 Å². The molecule has 0 saturated carbocycles. The smallest absolute Gasteiger partial charge is 0.386 e. The van der Waals surface area contributed by atoms with Gasteiger partial charge in [0.1, 0.15) is 0 Å². The Kier molecular flexibility index (Phi) is 7.81. The maximum atomic E-state index is 6.08. The molecule has 4 heteroatoms. The van der Waals surface area contributed by atoms with Crippen molar-refractivity contribution in [2.75, 3.05) is 20.8 Å². The molecule has 0 amide bonds. The van der Waals surface area contributed by atoms with E-state index in [1.54, 1.807) is 0 Å². The summed E-state index contributed by atoms with van der Waals surface area (Å²) in [4.78, 5) is 0. The van der Waals surface area contributed by atoms with Gasteiger partial charge in [-0.2, -0.15) is 0 Å². The minimum Gasteiger partial charge on any atom is -0.386 e. The Morgan fingerprint density at radius 2 is 1.53 bits per heavy atom. The van der Waals surface area contributed by atoms with Crippen LogP contribution in [0.2, 0.25) is 5.04 Å². The largest absolute Gasteiger partial charge is 0.433 e. The monoisotopic (exact) mass is 289 g/mol. The van der Waals surface area contributed by atoms with Crippen molar-refractivity contribution in [3.05, 3.63) is 0 Å². The number of rotatable bonds is 9. The number of hydrogen-bond donors (Lipinski definition) is 0. The van der Waals surface area contributed by atoms with E-state index in [0.717, 1.165) is 6.54 Å². The average Bonchev–Trinajstić information content (AvgIpc) is 2.33. The van der Waals surface area contributed by atoms with Crippen molar-refractivity contribution in [3.63, 3.8) is 0 Å². The molecule has 0 bridgehead atoms. The van der Waals surface area contributed by atoms with Crippen molar-refractivity contribution in [3.8, 4) is 0 Å². The molecule has 0 spiro atoms. The molecule has 0 fully saturated rings. The first-order valence-electron chi connectivity index (χ1n) is 7.58. The zero-order chi connectivity index (χ0) is 15.3. The van der Waals surface area contributed by atoms with Crippen molar-refractivity contribution in [1.29, 1.82) is 0 Å². The fraction of sp³-hybridized carbons (Fsp3) is 1.00. The van der Waals surface area contributed by atoms with E-state index in [0.29, 0.717) is 12.0 Å². The van der Waals surface area contributed by atoms with E-state index in [4.69, 9.17) is 8.85 Å². The summed E-state index contributed by atoms with van der Waals surface area (Å²) in [5.74, 6) is 0.516. The highest BCUT2D eigenvalue weighted by molar-refractivity contribution is 6.67. The van der Waals surface area contributed by atoms with E-state index in [9.17, 15) is 0 Å². The summed E-state index contributed by atoms with van der Waals surface area (Å²) < 4.78 is 14.6. The predicted octanol–water partition coefficient (Wildman–Crippen LogP) is 4.16. The van der Waals surface area contributed by atoms with Gasteiger partial charge in [-0.3, -0.25) is 4.57 Å². The van der Waals surface area contributed by atoms with Gasteiger partial charge in [-0.15, -0.1) is 0 Å². The summed E-state index contributed by atoms with van der Waals surface area (Å²) in [5.41, 5.74) is 0. The highest BCUT2D eigenvalue weighted by atomic mass is 28.4. The molecule has 0 aliphatic rings. The minimum absolute atomic E-state index is 0.0362. The van der Waals surface area contributed by atoms with Gasteiger partial charge in [0, 0.05) is 25.3 Å². The summed E-state index contributed by atoms with van der Waals surface area (Å²) in [7, 11) is 1.21. The SMILES string of the molecule is CCCCN(C(C)C)[Si](OC)(OC)C(C)(C)C(C)C. The quantitative estimate of drug-likeness (QED) is 0.595. The van der Waals surface area contributed by atoms with Crippen LogP contribution in [0.25, 0.3) is 0 Å². The Labute approximate surface area is 122 Å². The van der Waals surface area contributed by atoms with Gasteiger partial charge >= 0.3 is 8.72 Å². The van der Waals surface area contributed by atoms with Crippen LogP contribution in [0.3, 0.4) is 0 Å². The molecule has 0 radical (unpaired) electrons. The second kappa shape index (κ2) is 7.77. The molecule has 0 aliphatic carbocycles. The summed E-state index contributed by atoms with van der Waals surface area (Å²) in [5, 5.41) is 0.0362. The second-order valence-corrected chi connectivity index (χ2v) is 10.4. The molecule has 19 heavy (non-hydrogen) atoms. The van der Waals surface area contributed by atoms with Crippen LogP contribution in [0.4, 0.5) is 0 Å². The fourth-order valence-electron chi connectivity index (χ4n) is 2.65. The van der Waals surface area contributed by atoms with Crippen LogP contribution in [0.1, 0.15) is 61.3 Å². The third-order valence-electron chi connectivity index (χ3n) is 4.57. The topological polar surface area (TPSA) is 21.7 Å². The van der Waals surface area contributed by atoms with Gasteiger partial charge in [-0.1, -0.05) is 54.9 Å². The van der Waals surface area contributed by atoms with Crippen LogP contribution in [-0.2, 0) is 8.85 Å². The van der Waals surface area contributed by atoms with Crippen molar-refractivity contribution in [2.24, 2.45) is 5.92 Å². The first-order chi connectivity index (χ1) is 8.71. The normalized spacial score (nSPS) is 13.9. The van der Waals surface area contributed by atoms with Gasteiger partial charge in [-0.05, 0) is 18.9 Å². The Bertz CT molecular complexity index is 251. The Balaban J connectivity index is 5.55. The molecule has 0 atom stereocenters. The molecule has 0 aromatic carbocycles. The number of nitrogens with zero attached hydrogens (tertiary/aromatic N) is 1. The third kappa shape index (κ3) is 3.81. The van der Waals surface area contributed by atoms with Crippen LogP contribution >= 0.6 is 0 Å². The van der Waals surface area contributed by atoms with Crippen LogP contribution in [0, 0.1) is 5.92 Å². The molecular formula is C15H35NO2Si. The number of hydrogen-bond acceptors (Lipinski definition) is 3. The van der Waals surface area contributed by atoms with Crippen molar-refractivity contribution in [2.45, 2.75) is 72.4 Å². The molecule has 0 heterocycles. The predicted molar refractivity (Wildman–Crippen MR) is 85.4 cm³/mol. The lowest BCUT2D eigenvalue weighted by molar-refractivity contribution is 0.105. The molecule has 116 valence electrons. The summed E-state index contributed by atoms with van der Waals surface area (Å²) in [6, 6.07) is 0.441. The van der Waals surface area contributed by atoms with Crippen LogP contribution in [-0.4, -0.2) is 40.1 Å². The Hall–Kier alpha value is 0.0969. The number of unbranched alkanes of at least 4 members (excludes halogenated alkanes) is 1. The van der Waals surface area contributed by atoms with E-state index in [1.165, 1.54) is 12.8 Å². The highest BCUT2D eigenvalue weighted by Gasteiger charge is 2.58. The van der Waals surface area contributed by atoms with E-state index < -0.39 is 8.72 Å². The molecule has 0 aliphatic heterocycles. The zero-order valence-corrected chi connectivity index (χ0v) is 15.5.